The first kappa shape index (κ1) is 16.8. The standard InChI is InChI=1S/C18H22N6O/c1-2-15(23-18(25)20-9-11-24-10-8-19-13-24)17-21-12-16(22-17)14-6-4-3-5-7-14/h3-8,10,12-13,15H,2,9,11H2,1H3,(H,21,22)(H2,20,23,25). The molecule has 3 aromatic rings. The summed E-state index contributed by atoms with van der Waals surface area (Å²) in [4.78, 5) is 23.8. The first-order valence-corrected chi connectivity index (χ1v) is 8.36. The molecule has 1 unspecified atom stereocenters. The molecule has 2 amide bonds. The van der Waals surface area contributed by atoms with Gasteiger partial charge in [-0.15, -0.1) is 0 Å². The maximum atomic E-state index is 12.1. The fraction of sp³-hybridized carbons (Fsp3) is 0.278. The molecule has 7 heteroatoms. The third-order valence-corrected chi connectivity index (χ3v) is 3.94. The molecule has 1 aromatic carbocycles. The Kier molecular flexibility index (Phi) is 5.46. The second-order valence-electron chi connectivity index (χ2n) is 5.71. The van der Waals surface area contributed by atoms with Gasteiger partial charge < -0.3 is 20.2 Å². The van der Waals surface area contributed by atoms with Gasteiger partial charge in [-0.3, -0.25) is 0 Å². The number of imidazole rings is 2. The molecule has 2 aromatic heterocycles. The second-order valence-corrected chi connectivity index (χ2v) is 5.71. The van der Waals surface area contributed by atoms with E-state index in [2.05, 4.69) is 25.6 Å². The monoisotopic (exact) mass is 338 g/mol. The van der Waals surface area contributed by atoms with Gasteiger partial charge in [0.25, 0.3) is 0 Å². The minimum absolute atomic E-state index is 0.161. The number of H-pyrrole nitrogens is 1. The zero-order chi connectivity index (χ0) is 17.5. The van der Waals surface area contributed by atoms with Crippen molar-refractivity contribution in [1.82, 2.24) is 30.2 Å². The van der Waals surface area contributed by atoms with Crippen molar-refractivity contribution < 1.29 is 4.79 Å². The molecule has 1 atom stereocenters. The molecule has 25 heavy (non-hydrogen) atoms. The summed E-state index contributed by atoms with van der Waals surface area (Å²) >= 11 is 0. The van der Waals surface area contributed by atoms with E-state index in [-0.39, 0.29) is 12.1 Å². The molecular formula is C18H22N6O. The quantitative estimate of drug-likeness (QED) is 0.619. The van der Waals surface area contributed by atoms with E-state index in [1.54, 1.807) is 18.7 Å². The molecule has 3 N–H and O–H groups in total. The number of rotatable bonds is 7. The smallest absolute Gasteiger partial charge is 0.315 e. The molecule has 2 heterocycles. The highest BCUT2D eigenvalue weighted by Crippen LogP contribution is 2.20. The molecule has 0 saturated carbocycles. The first-order valence-electron chi connectivity index (χ1n) is 8.36. The Bertz CT molecular complexity index is 781. The summed E-state index contributed by atoms with van der Waals surface area (Å²) in [5.74, 6) is 0.756. The highest BCUT2D eigenvalue weighted by molar-refractivity contribution is 5.74. The van der Waals surface area contributed by atoms with Crippen LogP contribution in [0.25, 0.3) is 11.3 Å². The van der Waals surface area contributed by atoms with Crippen LogP contribution in [-0.2, 0) is 6.54 Å². The lowest BCUT2D eigenvalue weighted by molar-refractivity contribution is 0.235. The van der Waals surface area contributed by atoms with Crippen LogP contribution in [0.4, 0.5) is 4.79 Å². The van der Waals surface area contributed by atoms with Crippen LogP contribution in [0.3, 0.4) is 0 Å². The predicted molar refractivity (Wildman–Crippen MR) is 95.8 cm³/mol. The highest BCUT2D eigenvalue weighted by Gasteiger charge is 2.16. The maximum absolute atomic E-state index is 12.1. The van der Waals surface area contributed by atoms with Crippen LogP contribution in [0.1, 0.15) is 25.2 Å². The third-order valence-electron chi connectivity index (χ3n) is 3.94. The third kappa shape index (κ3) is 4.47. The van der Waals surface area contributed by atoms with E-state index in [0.29, 0.717) is 13.1 Å². The Morgan fingerprint density at radius 2 is 2.16 bits per heavy atom. The van der Waals surface area contributed by atoms with Crippen LogP contribution < -0.4 is 10.6 Å². The zero-order valence-electron chi connectivity index (χ0n) is 14.1. The molecule has 7 nitrogen and oxygen atoms in total. The van der Waals surface area contributed by atoms with E-state index in [4.69, 9.17) is 0 Å². The van der Waals surface area contributed by atoms with Gasteiger partial charge in [-0.25, -0.2) is 14.8 Å². The van der Waals surface area contributed by atoms with Crippen LogP contribution >= 0.6 is 0 Å². The Balaban J connectivity index is 1.55. The molecule has 0 bridgehead atoms. The Morgan fingerprint density at radius 3 is 2.88 bits per heavy atom. The average Bonchev–Trinajstić information content (AvgIpc) is 3.32. The minimum atomic E-state index is -0.204. The summed E-state index contributed by atoms with van der Waals surface area (Å²) < 4.78 is 1.91. The van der Waals surface area contributed by atoms with Crippen molar-refractivity contribution in [1.29, 1.82) is 0 Å². The van der Waals surface area contributed by atoms with Gasteiger partial charge in [0.05, 0.1) is 24.3 Å². The zero-order valence-corrected chi connectivity index (χ0v) is 14.1. The molecule has 3 rings (SSSR count). The van der Waals surface area contributed by atoms with E-state index < -0.39 is 0 Å². The van der Waals surface area contributed by atoms with Gasteiger partial charge >= 0.3 is 6.03 Å². The fourth-order valence-electron chi connectivity index (χ4n) is 2.57. The van der Waals surface area contributed by atoms with Gasteiger partial charge in [-0.2, -0.15) is 0 Å². The topological polar surface area (TPSA) is 87.6 Å². The summed E-state index contributed by atoms with van der Waals surface area (Å²) in [6.07, 6.45) is 7.85. The largest absolute Gasteiger partial charge is 0.340 e. The number of aromatic nitrogens is 4. The molecule has 0 spiro atoms. The van der Waals surface area contributed by atoms with Gasteiger partial charge in [0.1, 0.15) is 5.82 Å². The van der Waals surface area contributed by atoms with Crippen LogP contribution in [0.5, 0.6) is 0 Å². The van der Waals surface area contributed by atoms with Crippen molar-refractivity contribution in [3.05, 3.63) is 61.1 Å². The summed E-state index contributed by atoms with van der Waals surface area (Å²) in [6, 6.07) is 9.63. The summed E-state index contributed by atoms with van der Waals surface area (Å²) in [6.45, 7) is 3.23. The lowest BCUT2D eigenvalue weighted by Gasteiger charge is -2.15. The number of hydrogen-bond donors (Lipinski definition) is 3. The van der Waals surface area contributed by atoms with Gasteiger partial charge in [-0.05, 0) is 12.0 Å². The van der Waals surface area contributed by atoms with E-state index in [1.165, 1.54) is 0 Å². The minimum Gasteiger partial charge on any atom is -0.340 e. The van der Waals surface area contributed by atoms with E-state index in [1.807, 2.05) is 48.0 Å². The number of carbonyl (C=O) groups excluding carboxylic acids is 1. The van der Waals surface area contributed by atoms with Crippen molar-refractivity contribution in [3.8, 4) is 11.3 Å². The van der Waals surface area contributed by atoms with Crippen molar-refractivity contribution in [2.24, 2.45) is 0 Å². The second kappa shape index (κ2) is 8.14. The molecule has 0 aliphatic carbocycles. The van der Waals surface area contributed by atoms with Crippen LogP contribution in [-0.4, -0.2) is 32.1 Å². The van der Waals surface area contributed by atoms with E-state index in [0.717, 1.165) is 23.5 Å². The molecule has 130 valence electrons. The number of benzene rings is 1. The molecule has 0 saturated heterocycles. The van der Waals surface area contributed by atoms with Crippen molar-refractivity contribution >= 4 is 6.03 Å². The van der Waals surface area contributed by atoms with Crippen molar-refractivity contribution in [2.75, 3.05) is 6.54 Å². The van der Waals surface area contributed by atoms with Gasteiger partial charge in [-0.1, -0.05) is 37.3 Å². The summed E-state index contributed by atoms with van der Waals surface area (Å²) in [5, 5.41) is 5.81. The SMILES string of the molecule is CCC(NC(=O)NCCn1ccnc1)c1ncc(-c2ccccc2)[nH]1. The first-order chi connectivity index (χ1) is 12.3. The van der Waals surface area contributed by atoms with Gasteiger partial charge in [0, 0.05) is 25.5 Å². The van der Waals surface area contributed by atoms with Crippen LogP contribution in [0, 0.1) is 0 Å². The number of carbonyl (C=O) groups is 1. The van der Waals surface area contributed by atoms with Crippen LogP contribution in [0.2, 0.25) is 0 Å². The number of aromatic amines is 1. The van der Waals surface area contributed by atoms with Crippen molar-refractivity contribution in [2.45, 2.75) is 25.9 Å². The van der Waals surface area contributed by atoms with Crippen LogP contribution in [0.15, 0.2) is 55.2 Å². The average molecular weight is 338 g/mol. The maximum Gasteiger partial charge on any atom is 0.315 e. The molecule has 0 aliphatic rings. The number of hydrogen-bond acceptors (Lipinski definition) is 3. The Morgan fingerprint density at radius 1 is 1.32 bits per heavy atom. The van der Waals surface area contributed by atoms with Crippen molar-refractivity contribution in [3.63, 3.8) is 0 Å². The molecule has 0 radical (unpaired) electrons. The van der Waals surface area contributed by atoms with Gasteiger partial charge in [0.15, 0.2) is 0 Å². The lowest BCUT2D eigenvalue weighted by atomic mass is 10.2. The van der Waals surface area contributed by atoms with Gasteiger partial charge in [0.2, 0.25) is 0 Å². The van der Waals surface area contributed by atoms with E-state index in [9.17, 15) is 4.79 Å². The normalized spacial score (nSPS) is 11.9. The molecule has 0 fully saturated rings. The molecular weight excluding hydrogens is 316 g/mol. The number of amides is 2. The predicted octanol–water partition coefficient (Wildman–Crippen LogP) is 2.72. The Labute approximate surface area is 146 Å². The number of nitrogens with one attached hydrogen (secondary N) is 3. The fourth-order valence-corrected chi connectivity index (χ4v) is 2.57. The highest BCUT2D eigenvalue weighted by atomic mass is 16.2. The number of nitrogens with zero attached hydrogens (tertiary/aromatic N) is 3. The molecule has 0 aliphatic heterocycles. The van der Waals surface area contributed by atoms with E-state index >= 15 is 0 Å². The summed E-state index contributed by atoms with van der Waals surface area (Å²) in [7, 11) is 0. The lowest BCUT2D eigenvalue weighted by Crippen LogP contribution is -2.39. The number of urea groups is 1. The summed E-state index contributed by atoms with van der Waals surface area (Å²) in [5.41, 5.74) is 2.01. The Hall–Kier alpha value is -3.09.